The van der Waals surface area contributed by atoms with E-state index in [0.29, 0.717) is 43.2 Å². The molecule has 0 radical (unpaired) electrons. The second-order valence-corrected chi connectivity index (χ2v) is 13.1. The Kier molecular flexibility index (Phi) is 10.6. The van der Waals surface area contributed by atoms with Crippen LogP contribution in [0.2, 0.25) is 0 Å². The summed E-state index contributed by atoms with van der Waals surface area (Å²) in [6.07, 6.45) is 14.7. The fourth-order valence-electron chi connectivity index (χ4n) is 7.23. The lowest BCUT2D eigenvalue weighted by molar-refractivity contribution is -0.462. The number of rotatable bonds is 11. The van der Waals surface area contributed by atoms with Gasteiger partial charge in [0, 0.05) is 12.6 Å². The average Bonchev–Trinajstić information content (AvgIpc) is 3.35. The minimum absolute atomic E-state index is 0.0739. The molecule has 4 rings (SSSR count). The number of hydrogen-bond acceptors (Lipinski definition) is 5. The summed E-state index contributed by atoms with van der Waals surface area (Å²) in [6.45, 7) is 4.91. The van der Waals surface area contributed by atoms with Crippen molar-refractivity contribution in [1.29, 1.82) is 0 Å². The van der Waals surface area contributed by atoms with Gasteiger partial charge < -0.3 is 26.4 Å². The van der Waals surface area contributed by atoms with Gasteiger partial charge in [0.1, 0.15) is 6.04 Å². The SMILES string of the molecule is CC(C)C1CC(C(=O)NC(CC2CCC2)C(=O)C([NH3+])O)N(C(=O)[C@@H](NC2CCCCC2)C2CCCCC2)C1. The van der Waals surface area contributed by atoms with E-state index >= 15 is 0 Å². The Bertz CT molecular complexity index is 802. The first-order valence-corrected chi connectivity index (χ1v) is 15.7. The van der Waals surface area contributed by atoms with Gasteiger partial charge in [-0.3, -0.25) is 14.4 Å². The van der Waals surface area contributed by atoms with Gasteiger partial charge in [-0.05, 0) is 62.2 Å². The van der Waals surface area contributed by atoms with Crippen LogP contribution in [0.3, 0.4) is 0 Å². The summed E-state index contributed by atoms with van der Waals surface area (Å²) in [5, 5.41) is 16.7. The van der Waals surface area contributed by atoms with Crippen LogP contribution in [-0.2, 0) is 14.4 Å². The number of aliphatic hydroxyl groups excluding tert-OH is 1. The first-order valence-electron chi connectivity index (χ1n) is 15.7. The topological polar surface area (TPSA) is 126 Å². The summed E-state index contributed by atoms with van der Waals surface area (Å²) in [5.41, 5.74) is 3.51. The first-order chi connectivity index (χ1) is 18.2. The molecule has 1 saturated heterocycles. The van der Waals surface area contributed by atoms with Gasteiger partial charge >= 0.3 is 0 Å². The van der Waals surface area contributed by atoms with E-state index in [1.165, 1.54) is 25.7 Å². The fraction of sp³-hybridized carbons (Fsp3) is 0.900. The Morgan fingerprint density at radius 3 is 2.08 bits per heavy atom. The van der Waals surface area contributed by atoms with E-state index in [1.54, 1.807) is 0 Å². The van der Waals surface area contributed by atoms with Gasteiger partial charge in [0.15, 0.2) is 0 Å². The van der Waals surface area contributed by atoms with Crippen molar-refractivity contribution in [2.24, 2.45) is 23.7 Å². The Morgan fingerprint density at radius 2 is 1.53 bits per heavy atom. The first kappa shape index (κ1) is 29.5. The molecule has 0 bridgehead atoms. The maximum atomic E-state index is 14.3. The molecule has 8 heteroatoms. The predicted molar refractivity (Wildman–Crippen MR) is 147 cm³/mol. The molecule has 0 aromatic heterocycles. The van der Waals surface area contributed by atoms with Crippen LogP contribution < -0.4 is 16.4 Å². The number of Topliss-reactive ketones (excluding diaryl/α,β-unsaturated/α-hetero) is 1. The van der Waals surface area contributed by atoms with Crippen molar-refractivity contribution in [2.75, 3.05) is 6.54 Å². The highest BCUT2D eigenvalue weighted by molar-refractivity contribution is 5.95. The highest BCUT2D eigenvalue weighted by Gasteiger charge is 2.45. The van der Waals surface area contributed by atoms with E-state index in [2.05, 4.69) is 30.2 Å². The summed E-state index contributed by atoms with van der Waals surface area (Å²) in [6, 6.07) is -1.19. The predicted octanol–water partition coefficient (Wildman–Crippen LogP) is 2.54. The number of likely N-dealkylation sites (tertiary alicyclic amines) is 1. The zero-order chi connectivity index (χ0) is 27.2. The molecule has 1 heterocycles. The van der Waals surface area contributed by atoms with Crippen molar-refractivity contribution in [1.82, 2.24) is 15.5 Å². The van der Waals surface area contributed by atoms with E-state index in [-0.39, 0.29) is 23.8 Å². The number of carbonyl (C=O) groups is 3. The summed E-state index contributed by atoms with van der Waals surface area (Å²) in [7, 11) is 0. The average molecular weight is 534 g/mol. The van der Waals surface area contributed by atoms with Crippen LogP contribution >= 0.6 is 0 Å². The quantitative estimate of drug-likeness (QED) is 0.304. The molecule has 4 unspecified atom stereocenters. The Hall–Kier alpha value is -1.51. The third kappa shape index (κ3) is 7.36. The molecule has 0 spiro atoms. The molecule has 6 N–H and O–H groups in total. The van der Waals surface area contributed by atoms with E-state index in [1.807, 2.05) is 4.90 Å². The van der Waals surface area contributed by atoms with E-state index < -0.39 is 24.1 Å². The third-order valence-electron chi connectivity index (χ3n) is 10.1. The molecule has 38 heavy (non-hydrogen) atoms. The van der Waals surface area contributed by atoms with Gasteiger partial charge in [0.25, 0.3) is 0 Å². The largest absolute Gasteiger partial charge is 0.344 e. The molecule has 5 atom stereocenters. The number of carbonyl (C=O) groups excluding carboxylic acids is 3. The number of amides is 2. The van der Waals surface area contributed by atoms with E-state index in [4.69, 9.17) is 0 Å². The van der Waals surface area contributed by atoms with Crippen LogP contribution in [0.15, 0.2) is 0 Å². The maximum Gasteiger partial charge on any atom is 0.248 e. The van der Waals surface area contributed by atoms with Crippen molar-refractivity contribution in [3.05, 3.63) is 0 Å². The van der Waals surface area contributed by atoms with E-state index in [0.717, 1.165) is 57.8 Å². The number of ketones is 1. The zero-order valence-electron chi connectivity index (χ0n) is 23.8. The van der Waals surface area contributed by atoms with Crippen molar-refractivity contribution in [2.45, 2.75) is 141 Å². The van der Waals surface area contributed by atoms with Crippen LogP contribution in [0.4, 0.5) is 0 Å². The second-order valence-electron chi connectivity index (χ2n) is 13.1. The smallest absolute Gasteiger partial charge is 0.248 e. The molecule has 4 aliphatic rings. The van der Waals surface area contributed by atoms with Crippen molar-refractivity contribution in [3.8, 4) is 0 Å². The van der Waals surface area contributed by atoms with Gasteiger partial charge in [-0.25, -0.2) is 0 Å². The number of quaternary nitrogens is 1. The van der Waals surface area contributed by atoms with Crippen LogP contribution in [0, 0.1) is 23.7 Å². The molecule has 1 aliphatic heterocycles. The molecular formula is C30H53N4O4+. The van der Waals surface area contributed by atoms with Crippen molar-refractivity contribution < 1.29 is 25.2 Å². The van der Waals surface area contributed by atoms with Crippen molar-refractivity contribution >= 4 is 17.6 Å². The molecule has 0 aromatic rings. The summed E-state index contributed by atoms with van der Waals surface area (Å²) < 4.78 is 0. The summed E-state index contributed by atoms with van der Waals surface area (Å²) in [4.78, 5) is 42.7. The normalized spacial score (nSPS) is 28.1. The van der Waals surface area contributed by atoms with Gasteiger partial charge in [0.2, 0.25) is 23.8 Å². The highest BCUT2D eigenvalue weighted by Crippen LogP contribution is 2.35. The fourth-order valence-corrected chi connectivity index (χ4v) is 7.23. The van der Waals surface area contributed by atoms with Crippen molar-refractivity contribution in [3.63, 3.8) is 0 Å². The number of aliphatic hydroxyl groups is 1. The Balaban J connectivity index is 1.52. The molecule has 8 nitrogen and oxygen atoms in total. The van der Waals surface area contributed by atoms with Crippen LogP contribution in [0.1, 0.15) is 110 Å². The standard InChI is InChI=1S/C30H52N4O4/c1-19(2)22-17-25(29(37)33-24(27(35)28(31)36)16-20-10-9-11-20)34(18-22)30(38)26(21-12-5-3-6-13-21)32-23-14-7-4-8-15-23/h19-26,28,32,36H,3-18,31H2,1-2H3,(H,33,37)/p+1/t22?,24?,25?,26-,28?/m0/s1. The number of hydrogen-bond donors (Lipinski definition) is 4. The third-order valence-corrected chi connectivity index (χ3v) is 10.1. The lowest BCUT2D eigenvalue weighted by atomic mass is 9.80. The van der Waals surface area contributed by atoms with Gasteiger partial charge in [-0.1, -0.05) is 71.6 Å². The van der Waals surface area contributed by atoms with Gasteiger partial charge in [-0.2, -0.15) is 0 Å². The maximum absolute atomic E-state index is 14.3. The molecule has 4 fully saturated rings. The molecular weight excluding hydrogens is 480 g/mol. The van der Waals surface area contributed by atoms with Gasteiger partial charge in [-0.15, -0.1) is 0 Å². The molecule has 216 valence electrons. The Morgan fingerprint density at radius 1 is 0.895 bits per heavy atom. The molecule has 3 saturated carbocycles. The van der Waals surface area contributed by atoms with Crippen LogP contribution in [0.25, 0.3) is 0 Å². The lowest BCUT2D eigenvalue weighted by Crippen LogP contribution is -2.69. The Labute approximate surface area is 229 Å². The van der Waals surface area contributed by atoms with Crippen LogP contribution in [0.5, 0.6) is 0 Å². The number of nitrogens with one attached hydrogen (secondary N) is 2. The minimum Gasteiger partial charge on any atom is -0.344 e. The molecule has 0 aromatic carbocycles. The zero-order valence-corrected chi connectivity index (χ0v) is 23.8. The summed E-state index contributed by atoms with van der Waals surface area (Å²) in [5.74, 6) is 0.704. The number of nitrogens with zero attached hydrogens (tertiary/aromatic N) is 1. The monoisotopic (exact) mass is 533 g/mol. The minimum atomic E-state index is -1.36. The lowest BCUT2D eigenvalue weighted by Gasteiger charge is -2.38. The highest BCUT2D eigenvalue weighted by atomic mass is 16.3. The molecule has 3 aliphatic carbocycles. The summed E-state index contributed by atoms with van der Waals surface area (Å²) >= 11 is 0. The second kappa shape index (κ2) is 13.7. The van der Waals surface area contributed by atoms with Gasteiger partial charge in [0.05, 0.1) is 12.1 Å². The van der Waals surface area contributed by atoms with E-state index in [9.17, 15) is 19.5 Å². The molecule has 2 amide bonds. The van der Waals surface area contributed by atoms with Crippen LogP contribution in [-0.4, -0.2) is 64.5 Å².